The largest absolute Gasteiger partial charge is 0.398 e. The lowest BCUT2D eigenvalue weighted by Gasteiger charge is -2.17. The van der Waals surface area contributed by atoms with Crippen LogP contribution in [0.2, 0.25) is 0 Å². The molecule has 3 rings (SSSR count). The molecular formula is C21H20N2O4S. The average molecular weight is 396 g/mol. The molecule has 1 amide bonds. The minimum atomic E-state index is -4.08. The molecule has 0 radical (unpaired) electrons. The van der Waals surface area contributed by atoms with Crippen molar-refractivity contribution in [3.05, 3.63) is 84.4 Å². The highest BCUT2D eigenvalue weighted by molar-refractivity contribution is 7.92. The van der Waals surface area contributed by atoms with Gasteiger partial charge in [0, 0.05) is 11.3 Å². The Kier molecular flexibility index (Phi) is 5.77. The number of carbonyl (C=O) groups excluding carboxylic acids is 1. The highest BCUT2D eigenvalue weighted by Crippen LogP contribution is 2.30. The monoisotopic (exact) mass is 396 g/mol. The zero-order valence-electron chi connectivity index (χ0n) is 14.9. The second-order valence-corrected chi connectivity index (χ2v) is 8.44. The predicted molar refractivity (Wildman–Crippen MR) is 107 cm³/mol. The Balaban J connectivity index is 1.99. The molecule has 0 spiro atoms. The van der Waals surface area contributed by atoms with E-state index in [1.807, 2.05) is 30.3 Å². The van der Waals surface area contributed by atoms with Crippen molar-refractivity contribution in [1.82, 2.24) is 5.48 Å². The average Bonchev–Trinajstić information content (AvgIpc) is 2.72. The fourth-order valence-corrected chi connectivity index (χ4v) is 4.63. The maximum Gasteiger partial charge on any atom is 0.262 e. The fourth-order valence-electron chi connectivity index (χ4n) is 3.01. The van der Waals surface area contributed by atoms with Gasteiger partial charge in [0.05, 0.1) is 4.90 Å². The Labute approximate surface area is 163 Å². The Morgan fingerprint density at radius 2 is 1.57 bits per heavy atom. The van der Waals surface area contributed by atoms with E-state index in [1.165, 1.54) is 17.6 Å². The summed E-state index contributed by atoms with van der Waals surface area (Å²) in [5, 5.41) is 7.57. The van der Waals surface area contributed by atoms with E-state index in [2.05, 4.69) is 0 Å². The van der Waals surface area contributed by atoms with Crippen molar-refractivity contribution in [3.8, 4) is 11.1 Å². The molecule has 6 nitrogen and oxygen atoms in total. The van der Waals surface area contributed by atoms with E-state index in [4.69, 9.17) is 10.9 Å². The fraction of sp³-hybridized carbons (Fsp3) is 0.0952. The van der Waals surface area contributed by atoms with Gasteiger partial charge in [0.2, 0.25) is 0 Å². The second kappa shape index (κ2) is 8.24. The van der Waals surface area contributed by atoms with Gasteiger partial charge in [0.1, 0.15) is 0 Å². The van der Waals surface area contributed by atoms with Crippen LogP contribution in [-0.4, -0.2) is 24.8 Å². The molecule has 0 saturated heterocycles. The first-order valence-corrected chi connectivity index (χ1v) is 10.1. The minimum Gasteiger partial charge on any atom is -0.398 e. The molecule has 0 aliphatic rings. The number of rotatable bonds is 6. The van der Waals surface area contributed by atoms with Gasteiger partial charge < -0.3 is 5.73 Å². The number of nitrogens with two attached hydrogens (primary N) is 1. The normalized spacial score (nSPS) is 12.3. The van der Waals surface area contributed by atoms with Crippen LogP contribution in [0.1, 0.15) is 5.56 Å². The van der Waals surface area contributed by atoms with E-state index in [-0.39, 0.29) is 17.0 Å². The molecule has 144 valence electrons. The lowest BCUT2D eigenvalue weighted by atomic mass is 10.0. The molecule has 0 aliphatic heterocycles. The van der Waals surface area contributed by atoms with Gasteiger partial charge in [0.15, 0.2) is 15.1 Å². The quantitative estimate of drug-likeness (QED) is 0.337. The van der Waals surface area contributed by atoms with Crippen LogP contribution in [0, 0.1) is 0 Å². The third-order valence-electron chi connectivity index (χ3n) is 4.48. The molecule has 0 bridgehead atoms. The van der Waals surface area contributed by atoms with Crippen molar-refractivity contribution in [2.75, 3.05) is 5.73 Å². The number of hydroxylamine groups is 1. The Bertz CT molecular complexity index is 1070. The number of nitrogens with one attached hydrogen (secondary N) is 1. The number of nitrogen functional groups attached to an aromatic ring is 1. The number of hydrogen-bond donors (Lipinski definition) is 3. The molecule has 7 heteroatoms. The summed E-state index contributed by atoms with van der Waals surface area (Å²) in [5.41, 5.74) is 10.1. The molecule has 1 atom stereocenters. The highest BCUT2D eigenvalue weighted by atomic mass is 32.2. The van der Waals surface area contributed by atoms with E-state index < -0.39 is 21.0 Å². The summed E-state index contributed by atoms with van der Waals surface area (Å²) >= 11 is 0. The van der Waals surface area contributed by atoms with Gasteiger partial charge >= 0.3 is 0 Å². The number of hydrogen-bond acceptors (Lipinski definition) is 5. The molecule has 3 aromatic carbocycles. The molecular weight excluding hydrogens is 376 g/mol. The number of sulfone groups is 1. The maximum atomic E-state index is 13.1. The van der Waals surface area contributed by atoms with E-state index in [0.29, 0.717) is 11.1 Å². The SMILES string of the molecule is Nc1cc(S(=O)(=O)[C@H](Cc2ccccc2)C(=O)NO)ccc1-c1ccccc1. The highest BCUT2D eigenvalue weighted by Gasteiger charge is 2.34. The van der Waals surface area contributed by atoms with E-state index in [1.54, 1.807) is 36.4 Å². The number of benzene rings is 3. The zero-order chi connectivity index (χ0) is 20.1. The van der Waals surface area contributed by atoms with Gasteiger partial charge in [-0.3, -0.25) is 10.0 Å². The van der Waals surface area contributed by atoms with Crippen LogP contribution in [0.3, 0.4) is 0 Å². The lowest BCUT2D eigenvalue weighted by Crippen LogP contribution is -2.40. The standard InChI is InChI=1S/C21H20N2O4S/c22-19-14-17(11-12-18(19)16-9-5-2-6-10-16)28(26,27)20(21(24)23-25)13-15-7-3-1-4-8-15/h1-12,14,20,25H,13,22H2,(H,23,24)/t20-/m1/s1. The predicted octanol–water partition coefficient (Wildman–Crippen LogP) is 2.83. The van der Waals surface area contributed by atoms with Crippen molar-refractivity contribution < 1.29 is 18.4 Å². The third kappa shape index (κ3) is 4.05. The summed E-state index contributed by atoms with van der Waals surface area (Å²) in [7, 11) is -4.08. The first-order chi connectivity index (χ1) is 13.4. The summed E-state index contributed by atoms with van der Waals surface area (Å²) in [4.78, 5) is 12.1. The van der Waals surface area contributed by atoms with Gasteiger partial charge in [-0.2, -0.15) is 0 Å². The van der Waals surface area contributed by atoms with Gasteiger partial charge in [-0.1, -0.05) is 66.7 Å². The number of anilines is 1. The molecule has 0 unspecified atom stereocenters. The van der Waals surface area contributed by atoms with Gasteiger partial charge in [-0.25, -0.2) is 13.9 Å². The van der Waals surface area contributed by atoms with Crippen molar-refractivity contribution in [2.45, 2.75) is 16.6 Å². The molecule has 4 N–H and O–H groups in total. The van der Waals surface area contributed by atoms with Gasteiger partial charge in [0.25, 0.3) is 5.91 Å². The molecule has 0 heterocycles. The van der Waals surface area contributed by atoms with Crippen LogP contribution >= 0.6 is 0 Å². The first-order valence-electron chi connectivity index (χ1n) is 8.60. The van der Waals surface area contributed by atoms with Gasteiger partial charge in [-0.05, 0) is 29.7 Å². The van der Waals surface area contributed by atoms with E-state index >= 15 is 0 Å². The second-order valence-electron chi connectivity index (χ2n) is 6.31. The van der Waals surface area contributed by atoms with Crippen molar-refractivity contribution in [3.63, 3.8) is 0 Å². The lowest BCUT2D eigenvalue weighted by molar-refractivity contribution is -0.128. The smallest absolute Gasteiger partial charge is 0.262 e. The summed E-state index contributed by atoms with van der Waals surface area (Å²) in [6, 6.07) is 22.5. The van der Waals surface area contributed by atoms with Crippen molar-refractivity contribution >= 4 is 21.4 Å². The molecule has 28 heavy (non-hydrogen) atoms. The summed E-state index contributed by atoms with van der Waals surface area (Å²) in [6.07, 6.45) is -0.0735. The summed E-state index contributed by atoms with van der Waals surface area (Å²) in [6.45, 7) is 0. The van der Waals surface area contributed by atoms with Gasteiger partial charge in [-0.15, -0.1) is 0 Å². The van der Waals surface area contributed by atoms with Crippen molar-refractivity contribution in [1.29, 1.82) is 0 Å². The molecule has 3 aromatic rings. The molecule has 0 fully saturated rings. The Morgan fingerprint density at radius 3 is 2.14 bits per heavy atom. The maximum absolute atomic E-state index is 13.1. The summed E-state index contributed by atoms with van der Waals surface area (Å²) in [5.74, 6) is -0.991. The van der Waals surface area contributed by atoms with Crippen LogP contribution in [0.4, 0.5) is 5.69 Å². The van der Waals surface area contributed by atoms with Crippen LogP contribution in [0.25, 0.3) is 11.1 Å². The van der Waals surface area contributed by atoms with Crippen LogP contribution in [0.5, 0.6) is 0 Å². The minimum absolute atomic E-state index is 0.0735. The van der Waals surface area contributed by atoms with E-state index in [9.17, 15) is 13.2 Å². The van der Waals surface area contributed by atoms with E-state index in [0.717, 1.165) is 5.56 Å². The number of carbonyl (C=O) groups is 1. The van der Waals surface area contributed by atoms with Crippen LogP contribution in [-0.2, 0) is 21.1 Å². The summed E-state index contributed by atoms with van der Waals surface area (Å²) < 4.78 is 26.2. The Morgan fingerprint density at radius 1 is 0.964 bits per heavy atom. The Hall–Kier alpha value is -3.16. The topological polar surface area (TPSA) is 109 Å². The molecule has 0 aromatic heterocycles. The van der Waals surface area contributed by atoms with Crippen LogP contribution in [0.15, 0.2) is 83.8 Å². The number of amides is 1. The molecule has 0 aliphatic carbocycles. The third-order valence-corrected chi connectivity index (χ3v) is 6.52. The zero-order valence-corrected chi connectivity index (χ0v) is 15.8. The van der Waals surface area contributed by atoms with Crippen molar-refractivity contribution in [2.24, 2.45) is 0 Å². The first kappa shape index (κ1) is 19.6. The van der Waals surface area contributed by atoms with Crippen LogP contribution < -0.4 is 11.2 Å². The molecule has 0 saturated carbocycles.